The molecule has 2 aromatic rings. The molecule has 0 aliphatic heterocycles. The summed E-state index contributed by atoms with van der Waals surface area (Å²) in [6, 6.07) is 11.5. The van der Waals surface area contributed by atoms with Crippen molar-refractivity contribution in [3.63, 3.8) is 0 Å². The first-order chi connectivity index (χ1) is 15.8. The Balaban J connectivity index is 2.46. The Morgan fingerprint density at radius 3 is 2.18 bits per heavy atom. The first-order valence-corrected chi connectivity index (χ1v) is 13.4. The highest BCUT2D eigenvalue weighted by Crippen LogP contribution is 2.24. The van der Waals surface area contributed by atoms with Crippen LogP contribution in [-0.4, -0.2) is 50.0 Å². The minimum Gasteiger partial charge on any atom is -0.352 e. The summed E-state index contributed by atoms with van der Waals surface area (Å²) in [4.78, 5) is 28.0. The van der Waals surface area contributed by atoms with Crippen LogP contribution in [0.25, 0.3) is 0 Å². The summed E-state index contributed by atoms with van der Waals surface area (Å²) in [6.07, 6.45) is 1.45. The third-order valence-electron chi connectivity index (χ3n) is 5.38. The van der Waals surface area contributed by atoms with E-state index in [1.807, 2.05) is 33.8 Å². The molecule has 2 rings (SSSR count). The molecule has 0 aliphatic carbocycles. The number of carbonyl (C=O) groups is 2. The quantitative estimate of drug-likeness (QED) is 0.525. The lowest BCUT2D eigenvalue weighted by Gasteiger charge is -2.33. The summed E-state index contributed by atoms with van der Waals surface area (Å²) < 4.78 is 26.5. The normalized spacial score (nSPS) is 12.4. The van der Waals surface area contributed by atoms with Crippen LogP contribution in [0.2, 0.25) is 5.02 Å². The average molecular weight is 508 g/mol. The zero-order chi connectivity index (χ0) is 25.6. The Morgan fingerprint density at radius 2 is 1.68 bits per heavy atom. The van der Waals surface area contributed by atoms with Crippen molar-refractivity contribution in [1.29, 1.82) is 0 Å². The van der Waals surface area contributed by atoms with Crippen molar-refractivity contribution in [2.24, 2.45) is 0 Å². The molecule has 0 heterocycles. The lowest BCUT2D eigenvalue weighted by atomic mass is 10.1. The molecular formula is C25H34ClN3O4S. The van der Waals surface area contributed by atoms with E-state index >= 15 is 0 Å². The number of sulfonamides is 1. The summed E-state index contributed by atoms with van der Waals surface area (Å²) >= 11 is 6.00. The molecule has 186 valence electrons. The van der Waals surface area contributed by atoms with Crippen LogP contribution in [0.5, 0.6) is 0 Å². The summed E-state index contributed by atoms with van der Waals surface area (Å²) in [5.41, 5.74) is 2.95. The maximum absolute atomic E-state index is 13.6. The van der Waals surface area contributed by atoms with Crippen LogP contribution >= 0.6 is 11.6 Å². The van der Waals surface area contributed by atoms with Crippen molar-refractivity contribution in [1.82, 2.24) is 10.2 Å². The third kappa shape index (κ3) is 7.46. The van der Waals surface area contributed by atoms with E-state index in [9.17, 15) is 18.0 Å². The number of benzene rings is 2. The van der Waals surface area contributed by atoms with Crippen LogP contribution in [0, 0.1) is 13.8 Å². The summed E-state index contributed by atoms with van der Waals surface area (Å²) in [6.45, 7) is 8.97. The van der Waals surface area contributed by atoms with Gasteiger partial charge < -0.3 is 10.2 Å². The van der Waals surface area contributed by atoms with E-state index in [1.165, 1.54) is 4.90 Å². The molecule has 0 aromatic heterocycles. The Labute approximate surface area is 208 Å². The fourth-order valence-electron chi connectivity index (χ4n) is 3.77. The molecule has 1 N–H and O–H groups in total. The Bertz CT molecular complexity index is 1120. The van der Waals surface area contributed by atoms with Crippen LogP contribution in [0.15, 0.2) is 42.5 Å². The van der Waals surface area contributed by atoms with Gasteiger partial charge in [-0.2, -0.15) is 0 Å². The number of carbonyl (C=O) groups excluding carboxylic acids is 2. The first kappa shape index (κ1) is 27.7. The van der Waals surface area contributed by atoms with Crippen molar-refractivity contribution in [2.75, 3.05) is 17.1 Å². The number of aryl methyl sites for hydroxylation is 2. The van der Waals surface area contributed by atoms with E-state index in [4.69, 9.17) is 11.6 Å². The predicted octanol–water partition coefficient (Wildman–Crippen LogP) is 4.05. The van der Waals surface area contributed by atoms with Gasteiger partial charge in [0, 0.05) is 17.6 Å². The van der Waals surface area contributed by atoms with Gasteiger partial charge in [0.15, 0.2) is 0 Å². The zero-order valence-corrected chi connectivity index (χ0v) is 22.2. The number of hydrogen-bond acceptors (Lipinski definition) is 4. The van der Waals surface area contributed by atoms with E-state index in [2.05, 4.69) is 5.32 Å². The van der Waals surface area contributed by atoms with Crippen LogP contribution in [0.3, 0.4) is 0 Å². The number of nitrogens with one attached hydrogen (secondary N) is 1. The lowest BCUT2D eigenvalue weighted by molar-refractivity contribution is -0.140. The largest absolute Gasteiger partial charge is 0.352 e. The zero-order valence-electron chi connectivity index (χ0n) is 20.6. The smallest absolute Gasteiger partial charge is 0.244 e. The van der Waals surface area contributed by atoms with Crippen molar-refractivity contribution in [3.05, 3.63) is 64.2 Å². The van der Waals surface area contributed by atoms with Gasteiger partial charge in [0.2, 0.25) is 21.8 Å². The second kappa shape index (κ2) is 11.7. The molecule has 7 nitrogen and oxygen atoms in total. The van der Waals surface area contributed by atoms with Gasteiger partial charge in [-0.3, -0.25) is 13.9 Å². The third-order valence-corrected chi connectivity index (χ3v) is 6.76. The van der Waals surface area contributed by atoms with Gasteiger partial charge in [0.1, 0.15) is 12.6 Å². The topological polar surface area (TPSA) is 86.8 Å². The lowest BCUT2D eigenvalue weighted by Crippen LogP contribution is -2.53. The van der Waals surface area contributed by atoms with E-state index < -0.39 is 28.5 Å². The number of anilines is 1. The van der Waals surface area contributed by atoms with Crippen LogP contribution in [0.4, 0.5) is 5.69 Å². The van der Waals surface area contributed by atoms with Crippen molar-refractivity contribution in [2.45, 2.75) is 59.7 Å². The number of hydrogen-bond donors (Lipinski definition) is 1. The van der Waals surface area contributed by atoms with Crippen molar-refractivity contribution < 1.29 is 18.0 Å². The highest BCUT2D eigenvalue weighted by Gasteiger charge is 2.32. The molecule has 0 radical (unpaired) electrons. The van der Waals surface area contributed by atoms with Gasteiger partial charge in [-0.1, -0.05) is 48.4 Å². The Morgan fingerprint density at radius 1 is 1.06 bits per heavy atom. The number of nitrogens with zero attached hydrogens (tertiary/aromatic N) is 2. The van der Waals surface area contributed by atoms with E-state index in [1.54, 1.807) is 43.3 Å². The van der Waals surface area contributed by atoms with E-state index in [-0.39, 0.29) is 18.5 Å². The fraction of sp³-hybridized carbons (Fsp3) is 0.440. The van der Waals surface area contributed by atoms with Crippen LogP contribution in [-0.2, 0) is 26.2 Å². The van der Waals surface area contributed by atoms with Crippen molar-refractivity contribution >= 4 is 39.1 Å². The second-order valence-electron chi connectivity index (χ2n) is 8.80. The molecule has 0 bridgehead atoms. The van der Waals surface area contributed by atoms with Gasteiger partial charge in [0.05, 0.1) is 11.9 Å². The van der Waals surface area contributed by atoms with E-state index in [0.717, 1.165) is 27.3 Å². The maximum Gasteiger partial charge on any atom is 0.244 e. The van der Waals surface area contributed by atoms with E-state index in [0.29, 0.717) is 17.1 Å². The van der Waals surface area contributed by atoms with Crippen molar-refractivity contribution in [3.8, 4) is 0 Å². The Hall–Kier alpha value is -2.58. The second-order valence-corrected chi connectivity index (χ2v) is 11.1. The molecule has 0 saturated carbocycles. The van der Waals surface area contributed by atoms with Gasteiger partial charge in [-0.15, -0.1) is 0 Å². The minimum atomic E-state index is -3.76. The molecular weight excluding hydrogens is 474 g/mol. The minimum absolute atomic E-state index is 0.100. The molecule has 34 heavy (non-hydrogen) atoms. The molecule has 9 heteroatoms. The fourth-order valence-corrected chi connectivity index (χ4v) is 4.80. The van der Waals surface area contributed by atoms with Crippen LogP contribution < -0.4 is 9.62 Å². The molecule has 2 amide bonds. The summed E-state index contributed by atoms with van der Waals surface area (Å²) in [7, 11) is -3.76. The predicted molar refractivity (Wildman–Crippen MR) is 137 cm³/mol. The number of halogens is 1. The van der Waals surface area contributed by atoms with Gasteiger partial charge >= 0.3 is 0 Å². The molecule has 2 aromatic carbocycles. The average Bonchev–Trinajstić information content (AvgIpc) is 2.72. The molecule has 0 fully saturated rings. The summed E-state index contributed by atoms with van der Waals surface area (Å²) in [5, 5.41) is 3.43. The molecule has 0 saturated heterocycles. The highest BCUT2D eigenvalue weighted by molar-refractivity contribution is 7.92. The van der Waals surface area contributed by atoms with Gasteiger partial charge in [0.25, 0.3) is 0 Å². The molecule has 0 spiro atoms. The molecule has 1 atom stereocenters. The number of amides is 2. The number of rotatable bonds is 10. The molecule has 0 aliphatic rings. The first-order valence-electron chi connectivity index (χ1n) is 11.2. The van der Waals surface area contributed by atoms with Gasteiger partial charge in [-0.05, 0) is 63.4 Å². The Kier molecular flexibility index (Phi) is 9.53. The van der Waals surface area contributed by atoms with Crippen LogP contribution in [0.1, 0.15) is 43.9 Å². The monoisotopic (exact) mass is 507 g/mol. The summed E-state index contributed by atoms with van der Waals surface area (Å²) in [5.74, 6) is -0.747. The SMILES string of the molecule is CCC(C(=O)NC(C)C)N(Cc1ccc(Cl)cc1)C(=O)CN(c1ccc(C)cc1C)S(C)(=O)=O. The maximum atomic E-state index is 13.6. The highest BCUT2D eigenvalue weighted by atomic mass is 35.5. The standard InChI is InChI=1S/C25H34ClN3O4S/c1-7-22(25(31)27-17(2)3)28(15-20-9-11-21(26)12-10-20)24(30)16-29(34(6,32)33)23-13-8-18(4)14-19(23)5/h8-14,17,22H,7,15-16H2,1-6H3,(H,27,31). The molecule has 1 unspecified atom stereocenters. The van der Waals surface area contributed by atoms with Gasteiger partial charge in [-0.25, -0.2) is 8.42 Å².